The summed E-state index contributed by atoms with van der Waals surface area (Å²) < 4.78 is 56.2. The Bertz CT molecular complexity index is 2450. The molecule has 8 aromatic rings. The van der Waals surface area contributed by atoms with E-state index in [1.54, 1.807) is 46.9 Å². The van der Waals surface area contributed by atoms with Crippen LogP contribution in [0.15, 0.2) is 144 Å². The molecule has 0 fully saturated rings. The molecular formula is C46H32F4N4S2. The van der Waals surface area contributed by atoms with Gasteiger partial charge in [0.05, 0.1) is 4.88 Å². The molecule has 10 rings (SSSR count). The summed E-state index contributed by atoms with van der Waals surface area (Å²) in [6.45, 7) is 0. The highest BCUT2D eigenvalue weighted by atomic mass is 32.1. The Balaban J connectivity index is 0.000000146. The van der Waals surface area contributed by atoms with Gasteiger partial charge in [0, 0.05) is 57.1 Å². The summed E-state index contributed by atoms with van der Waals surface area (Å²) in [5.74, 6) is -1.24. The van der Waals surface area contributed by atoms with Gasteiger partial charge in [-0.2, -0.15) is 21.5 Å². The van der Waals surface area contributed by atoms with Crippen LogP contribution in [0.4, 0.5) is 17.6 Å². The third kappa shape index (κ3) is 6.44. The smallest absolute Gasteiger partial charge is 0.123 e. The van der Waals surface area contributed by atoms with E-state index in [9.17, 15) is 17.6 Å². The van der Waals surface area contributed by atoms with Gasteiger partial charge in [-0.15, -0.1) is 11.3 Å². The number of aromatic nitrogens is 4. The molecule has 0 saturated heterocycles. The molecule has 0 amide bonds. The fraction of sp³-hybridized carbons (Fsp3) is 0.0870. The van der Waals surface area contributed by atoms with Crippen molar-refractivity contribution >= 4 is 34.8 Å². The van der Waals surface area contributed by atoms with E-state index < -0.39 is 10.8 Å². The fourth-order valence-electron chi connectivity index (χ4n) is 7.94. The summed E-state index contributed by atoms with van der Waals surface area (Å²) in [6, 6.07) is 32.2. The minimum Gasteiger partial charge on any atom is -0.281 e. The summed E-state index contributed by atoms with van der Waals surface area (Å²) in [5, 5.41) is 21.4. The maximum absolute atomic E-state index is 14.1. The van der Waals surface area contributed by atoms with Crippen molar-refractivity contribution in [2.75, 3.05) is 0 Å². The summed E-state index contributed by atoms with van der Waals surface area (Å²) in [4.78, 5) is 1.09. The number of nitrogens with zero attached hydrogens (tertiary/aromatic N) is 2. The van der Waals surface area contributed by atoms with Gasteiger partial charge in [0.25, 0.3) is 0 Å². The van der Waals surface area contributed by atoms with Crippen molar-refractivity contribution < 1.29 is 17.6 Å². The Morgan fingerprint density at radius 1 is 0.518 bits per heavy atom. The van der Waals surface area contributed by atoms with E-state index in [0.717, 1.165) is 66.6 Å². The number of halogens is 4. The van der Waals surface area contributed by atoms with Crippen molar-refractivity contribution in [1.82, 2.24) is 20.4 Å². The number of aromatic amines is 2. The molecule has 0 bridgehead atoms. The molecule has 0 atom stereocenters. The largest absolute Gasteiger partial charge is 0.281 e. The van der Waals surface area contributed by atoms with Crippen molar-refractivity contribution in [3.63, 3.8) is 0 Å². The highest BCUT2D eigenvalue weighted by molar-refractivity contribution is 7.13. The average Bonchev–Trinajstić information content (AvgIpc) is 4.05. The van der Waals surface area contributed by atoms with Crippen LogP contribution >= 0.6 is 22.7 Å². The molecule has 276 valence electrons. The number of nitrogens with one attached hydrogen (secondary N) is 2. The van der Waals surface area contributed by atoms with Crippen molar-refractivity contribution in [2.24, 2.45) is 0 Å². The molecule has 4 heterocycles. The lowest BCUT2D eigenvalue weighted by atomic mass is 9.68. The zero-order valence-electron chi connectivity index (χ0n) is 29.6. The fourth-order valence-corrected chi connectivity index (χ4v) is 9.31. The number of rotatable bonds is 6. The van der Waals surface area contributed by atoms with Crippen molar-refractivity contribution in [2.45, 2.75) is 23.7 Å². The predicted molar refractivity (Wildman–Crippen MR) is 216 cm³/mol. The van der Waals surface area contributed by atoms with E-state index in [0.29, 0.717) is 12.8 Å². The first kappa shape index (κ1) is 35.6. The lowest BCUT2D eigenvalue weighted by Crippen LogP contribution is -2.30. The molecule has 0 radical (unpaired) electrons. The van der Waals surface area contributed by atoms with Crippen LogP contribution in [-0.2, 0) is 23.7 Å². The molecular weight excluding hydrogens is 749 g/mol. The molecule has 4 aromatic carbocycles. The molecule has 0 aliphatic heterocycles. The first-order chi connectivity index (χ1) is 27.3. The van der Waals surface area contributed by atoms with E-state index in [-0.39, 0.29) is 23.3 Å². The molecule has 2 aliphatic carbocycles. The van der Waals surface area contributed by atoms with E-state index in [4.69, 9.17) is 0 Å². The molecule has 0 saturated carbocycles. The number of hydrogen-bond donors (Lipinski definition) is 2. The zero-order valence-corrected chi connectivity index (χ0v) is 31.3. The highest BCUT2D eigenvalue weighted by Crippen LogP contribution is 2.45. The van der Waals surface area contributed by atoms with Crippen LogP contribution in [0.25, 0.3) is 34.0 Å². The van der Waals surface area contributed by atoms with Gasteiger partial charge in [-0.25, -0.2) is 17.6 Å². The lowest BCUT2D eigenvalue weighted by Gasteiger charge is -2.34. The first-order valence-electron chi connectivity index (χ1n) is 17.9. The van der Waals surface area contributed by atoms with Gasteiger partial charge in [-0.3, -0.25) is 10.2 Å². The van der Waals surface area contributed by atoms with Crippen molar-refractivity contribution in [3.8, 4) is 21.8 Å². The van der Waals surface area contributed by atoms with Crippen LogP contribution in [0.2, 0.25) is 0 Å². The number of H-pyrrole nitrogens is 2. The Kier molecular flexibility index (Phi) is 9.23. The van der Waals surface area contributed by atoms with Crippen LogP contribution < -0.4 is 0 Å². The third-order valence-corrected chi connectivity index (χ3v) is 12.2. The number of hydrogen-bond acceptors (Lipinski definition) is 4. The zero-order chi connectivity index (χ0) is 38.3. The lowest BCUT2D eigenvalue weighted by molar-refractivity contribution is 0.582. The Morgan fingerprint density at radius 2 is 0.982 bits per heavy atom. The molecule has 2 aliphatic rings. The van der Waals surface area contributed by atoms with Crippen LogP contribution in [0, 0.1) is 23.3 Å². The van der Waals surface area contributed by atoms with E-state index >= 15 is 0 Å². The topological polar surface area (TPSA) is 57.4 Å². The van der Waals surface area contributed by atoms with Gasteiger partial charge in [0.15, 0.2) is 0 Å². The second kappa shape index (κ2) is 14.5. The van der Waals surface area contributed by atoms with Crippen molar-refractivity contribution in [3.05, 3.63) is 212 Å². The second-order valence-corrected chi connectivity index (χ2v) is 15.7. The summed E-state index contributed by atoms with van der Waals surface area (Å²) in [6.07, 6.45) is 9.22. The van der Waals surface area contributed by atoms with E-state index in [1.807, 2.05) is 77.5 Å². The molecule has 0 spiro atoms. The van der Waals surface area contributed by atoms with Crippen LogP contribution in [0.5, 0.6) is 0 Å². The minimum absolute atomic E-state index is 0.309. The number of fused-ring (bicyclic) bond motifs is 2. The number of allylic oxidation sites excluding steroid dienone is 2. The van der Waals surface area contributed by atoms with Gasteiger partial charge < -0.3 is 0 Å². The molecule has 4 nitrogen and oxygen atoms in total. The van der Waals surface area contributed by atoms with Gasteiger partial charge in [-0.1, -0.05) is 78.9 Å². The number of thiophene rings is 2. The molecule has 2 N–H and O–H groups in total. The highest BCUT2D eigenvalue weighted by Gasteiger charge is 2.38. The summed E-state index contributed by atoms with van der Waals surface area (Å²) in [5.41, 5.74) is 8.65. The molecule has 56 heavy (non-hydrogen) atoms. The van der Waals surface area contributed by atoms with Crippen LogP contribution in [0.1, 0.15) is 44.8 Å². The van der Waals surface area contributed by atoms with Gasteiger partial charge in [-0.05, 0) is 93.7 Å². The Hall–Kier alpha value is -6.10. The monoisotopic (exact) mass is 780 g/mol. The SMILES string of the molecule is Fc1cccc(C2(c3cccc(F)c3)C=Cc3c(-c4cccs4)n[nH]c3C2)c1.Fc1cccc(C2(c3cccc(F)c3)C=Cc3c(-c4ccsc4)n[nH]c3C2)c1. The standard InChI is InChI=1S/2C23H16F2N2S/c24-17-6-1-4-15(12-17)23(16-5-2-7-18(25)13-16)10-9-19-20(14-23)26-27-22(19)21-8-3-11-28-21;24-18-5-1-3-16(11-18)23(17-4-2-6-19(25)12-17)9-7-20-21(13-23)26-27-22(20)15-8-10-28-14-15/h1-13H,14H2,(H,26,27);1-12,14H,13H2,(H,26,27). The molecule has 0 unspecified atom stereocenters. The quantitative estimate of drug-likeness (QED) is 0.165. The van der Waals surface area contributed by atoms with E-state index in [2.05, 4.69) is 25.8 Å². The minimum atomic E-state index is -0.671. The van der Waals surface area contributed by atoms with Crippen molar-refractivity contribution in [1.29, 1.82) is 0 Å². The Labute approximate surface area is 328 Å². The van der Waals surface area contributed by atoms with Gasteiger partial charge in [0.1, 0.15) is 34.7 Å². The molecule has 4 aromatic heterocycles. The maximum atomic E-state index is 14.1. The average molecular weight is 781 g/mol. The van der Waals surface area contributed by atoms with Crippen LogP contribution in [0.3, 0.4) is 0 Å². The maximum Gasteiger partial charge on any atom is 0.123 e. The summed E-state index contributed by atoms with van der Waals surface area (Å²) in [7, 11) is 0. The summed E-state index contributed by atoms with van der Waals surface area (Å²) >= 11 is 3.26. The predicted octanol–water partition coefficient (Wildman–Crippen LogP) is 11.9. The van der Waals surface area contributed by atoms with Gasteiger partial charge >= 0.3 is 0 Å². The third-order valence-electron chi connectivity index (χ3n) is 10.7. The molecule has 10 heteroatoms. The van der Waals surface area contributed by atoms with E-state index in [1.165, 1.54) is 48.5 Å². The van der Waals surface area contributed by atoms with Gasteiger partial charge in [0.2, 0.25) is 0 Å². The normalized spacial score (nSPS) is 14.8. The first-order valence-corrected chi connectivity index (χ1v) is 19.8. The Morgan fingerprint density at radius 3 is 1.39 bits per heavy atom. The van der Waals surface area contributed by atoms with Crippen LogP contribution in [-0.4, -0.2) is 20.4 Å². The number of benzene rings is 4. The second-order valence-electron chi connectivity index (χ2n) is 13.9.